The number of nitrogens with one attached hydrogen (secondary N) is 1. The summed E-state index contributed by atoms with van der Waals surface area (Å²) < 4.78 is 6.56. The Kier molecular flexibility index (Phi) is 7.84. The van der Waals surface area contributed by atoms with Gasteiger partial charge in [-0.25, -0.2) is 0 Å². The maximum atomic E-state index is 6.56. The summed E-state index contributed by atoms with van der Waals surface area (Å²) in [6.45, 7) is 0.782. The molecule has 0 bridgehead atoms. The van der Waals surface area contributed by atoms with Crippen LogP contribution in [0, 0.1) is 0 Å². The van der Waals surface area contributed by atoms with Gasteiger partial charge in [-0.3, -0.25) is 0 Å². The maximum absolute atomic E-state index is 6.56. The Hall–Kier alpha value is -6.84. The molecule has 2 unspecified atom stereocenters. The fourth-order valence-electron chi connectivity index (χ4n) is 9.16. The molecule has 3 nitrogen and oxygen atoms in total. The minimum atomic E-state index is -0.0401. The van der Waals surface area contributed by atoms with E-state index in [2.05, 4.69) is 198 Å². The lowest BCUT2D eigenvalue weighted by molar-refractivity contribution is 0.267. The third kappa shape index (κ3) is 5.58. The predicted octanol–water partition coefficient (Wildman–Crippen LogP) is 12.8. The van der Waals surface area contributed by atoms with Crippen molar-refractivity contribution in [2.75, 3.05) is 11.4 Å². The van der Waals surface area contributed by atoms with Crippen molar-refractivity contribution in [2.24, 2.45) is 0 Å². The van der Waals surface area contributed by atoms with Gasteiger partial charge in [-0.05, 0) is 122 Å². The summed E-state index contributed by atoms with van der Waals surface area (Å²) in [5, 5.41) is 6.13. The van der Waals surface area contributed by atoms with E-state index in [4.69, 9.17) is 4.74 Å². The molecule has 4 aliphatic rings. The van der Waals surface area contributed by atoms with Crippen molar-refractivity contribution >= 4 is 28.2 Å². The molecule has 0 amide bonds. The van der Waals surface area contributed by atoms with Gasteiger partial charge < -0.3 is 15.0 Å². The van der Waals surface area contributed by atoms with Crippen LogP contribution in [0.3, 0.4) is 0 Å². The Bertz CT molecular complexity index is 2770. The molecule has 3 heteroatoms. The topological polar surface area (TPSA) is 24.5 Å². The third-order valence-corrected chi connectivity index (χ3v) is 11.9. The standard InChI is InChI=1S/C53H40N2O/c1-2-11-35(12-3-1)40-29-39-14-5-7-17-46(39)48(30-40)38-23-27-43(28-24-38)55(42-25-21-37(22-26-42)45-19-10-15-36-13-4-6-16-44(36)45)51-34-54-33-41-31-50-47-18-8-9-20-52(47)56-53(50)32-49(41)51/h1-3,5-12,14-32,34,50,53-54H,4,13,33H2. The zero-order valence-corrected chi connectivity index (χ0v) is 31.0. The van der Waals surface area contributed by atoms with Gasteiger partial charge in [-0.1, -0.05) is 133 Å². The molecule has 2 atom stereocenters. The maximum Gasteiger partial charge on any atom is 0.128 e. The molecule has 11 rings (SSSR count). The Morgan fingerprint density at radius 1 is 0.607 bits per heavy atom. The summed E-state index contributed by atoms with van der Waals surface area (Å²) in [6, 6.07) is 57.5. The number of benzene rings is 7. The second kappa shape index (κ2) is 13.5. The smallest absolute Gasteiger partial charge is 0.128 e. The summed E-state index contributed by atoms with van der Waals surface area (Å²) in [5.41, 5.74) is 17.2. The zero-order valence-electron chi connectivity index (χ0n) is 31.0. The Morgan fingerprint density at radius 2 is 1.36 bits per heavy atom. The first-order chi connectivity index (χ1) is 27.7. The van der Waals surface area contributed by atoms with Crippen molar-refractivity contribution in [1.29, 1.82) is 0 Å². The number of rotatable bonds is 6. The Labute approximate surface area is 328 Å². The van der Waals surface area contributed by atoms with Crippen LogP contribution in [0.15, 0.2) is 199 Å². The van der Waals surface area contributed by atoms with E-state index in [-0.39, 0.29) is 12.0 Å². The normalized spacial score (nSPS) is 17.6. The number of hydrogen-bond donors (Lipinski definition) is 1. The van der Waals surface area contributed by atoms with Crippen LogP contribution in [-0.2, 0) is 6.42 Å². The van der Waals surface area contributed by atoms with Crippen LogP contribution >= 0.6 is 0 Å². The number of fused-ring (bicyclic) bond motifs is 6. The minimum Gasteiger partial charge on any atom is -0.485 e. The largest absolute Gasteiger partial charge is 0.485 e. The van der Waals surface area contributed by atoms with Gasteiger partial charge in [-0.15, -0.1) is 0 Å². The highest BCUT2D eigenvalue weighted by atomic mass is 16.5. The number of nitrogens with zero attached hydrogens (tertiary/aromatic N) is 1. The second-order valence-corrected chi connectivity index (χ2v) is 15.2. The van der Waals surface area contributed by atoms with Crippen LogP contribution in [0.25, 0.3) is 50.2 Å². The highest BCUT2D eigenvalue weighted by Gasteiger charge is 2.37. The van der Waals surface area contributed by atoms with Gasteiger partial charge in [0.15, 0.2) is 0 Å². The molecule has 2 heterocycles. The van der Waals surface area contributed by atoms with E-state index < -0.39 is 0 Å². The third-order valence-electron chi connectivity index (χ3n) is 11.9. The highest BCUT2D eigenvalue weighted by Crippen LogP contribution is 2.47. The molecular weight excluding hydrogens is 681 g/mol. The van der Waals surface area contributed by atoms with E-state index in [1.54, 1.807) is 0 Å². The molecule has 268 valence electrons. The van der Waals surface area contributed by atoms with Crippen LogP contribution in [0.4, 0.5) is 11.4 Å². The Balaban J connectivity index is 1.02. The van der Waals surface area contributed by atoms with Gasteiger partial charge in [0.2, 0.25) is 0 Å². The van der Waals surface area contributed by atoms with Gasteiger partial charge in [0.25, 0.3) is 0 Å². The van der Waals surface area contributed by atoms with Crippen LogP contribution in [-0.4, -0.2) is 12.6 Å². The van der Waals surface area contributed by atoms with Gasteiger partial charge in [0.05, 0.1) is 5.70 Å². The van der Waals surface area contributed by atoms with Gasteiger partial charge >= 0.3 is 0 Å². The van der Waals surface area contributed by atoms with Crippen LogP contribution < -0.4 is 15.0 Å². The number of hydrogen-bond acceptors (Lipinski definition) is 3. The molecule has 2 aliphatic heterocycles. The quantitative estimate of drug-likeness (QED) is 0.185. The molecule has 0 spiro atoms. The van der Waals surface area contributed by atoms with Crippen LogP contribution in [0.1, 0.15) is 29.0 Å². The predicted molar refractivity (Wildman–Crippen MR) is 232 cm³/mol. The van der Waals surface area contributed by atoms with E-state index in [1.807, 2.05) is 0 Å². The molecule has 7 aromatic carbocycles. The first-order valence-electron chi connectivity index (χ1n) is 19.8. The monoisotopic (exact) mass is 720 g/mol. The van der Waals surface area contributed by atoms with Crippen molar-refractivity contribution in [3.8, 4) is 39.1 Å². The van der Waals surface area contributed by atoms with E-state index in [1.165, 1.54) is 72.0 Å². The second-order valence-electron chi connectivity index (χ2n) is 15.2. The van der Waals surface area contributed by atoms with Gasteiger partial charge in [0, 0.05) is 41.2 Å². The van der Waals surface area contributed by atoms with Crippen LogP contribution in [0.5, 0.6) is 5.75 Å². The van der Waals surface area contributed by atoms with Crippen LogP contribution in [0.2, 0.25) is 0 Å². The summed E-state index contributed by atoms with van der Waals surface area (Å²) in [5.74, 6) is 1.20. The van der Waals surface area contributed by atoms with Crippen molar-refractivity contribution in [3.63, 3.8) is 0 Å². The molecular formula is C53H40N2O. The zero-order chi connectivity index (χ0) is 37.0. The van der Waals surface area contributed by atoms with Crippen molar-refractivity contribution in [2.45, 2.75) is 24.9 Å². The molecule has 0 radical (unpaired) electrons. The highest BCUT2D eigenvalue weighted by molar-refractivity contribution is 6.00. The average molecular weight is 721 g/mol. The van der Waals surface area contributed by atoms with Crippen molar-refractivity contribution < 1.29 is 4.74 Å². The first-order valence-corrected chi connectivity index (χ1v) is 19.8. The number of allylic oxidation sites excluding steroid dienone is 2. The molecule has 2 aliphatic carbocycles. The minimum absolute atomic E-state index is 0.0401. The average Bonchev–Trinajstić information content (AvgIpc) is 3.63. The molecule has 0 saturated carbocycles. The summed E-state index contributed by atoms with van der Waals surface area (Å²) in [6.07, 6.45) is 13.7. The SMILES string of the molecule is C1=Cc2c(cccc2-c2ccc(N(C3=CNCC4=CC5c6ccccc6OC5C=C43)c3ccc(-c4cc(-c5ccccc5)cc5ccccc45)cc3)cc2)CC1. The molecule has 0 aromatic heterocycles. The molecule has 1 N–H and O–H groups in total. The summed E-state index contributed by atoms with van der Waals surface area (Å²) >= 11 is 0. The number of aryl methyl sites for hydroxylation is 1. The first kappa shape index (κ1) is 32.6. The summed E-state index contributed by atoms with van der Waals surface area (Å²) in [7, 11) is 0. The van der Waals surface area contributed by atoms with E-state index >= 15 is 0 Å². The van der Waals surface area contributed by atoms with E-state index in [9.17, 15) is 0 Å². The fourth-order valence-corrected chi connectivity index (χ4v) is 9.16. The molecule has 56 heavy (non-hydrogen) atoms. The molecule has 0 saturated heterocycles. The fraction of sp³-hybridized carbons (Fsp3) is 0.0943. The number of ether oxygens (including phenoxy) is 1. The van der Waals surface area contributed by atoms with Gasteiger partial charge in [0.1, 0.15) is 11.9 Å². The lowest BCUT2D eigenvalue weighted by Crippen LogP contribution is -2.32. The lowest BCUT2D eigenvalue weighted by atomic mass is 9.83. The lowest BCUT2D eigenvalue weighted by Gasteiger charge is -2.35. The van der Waals surface area contributed by atoms with Crippen molar-refractivity contribution in [1.82, 2.24) is 5.32 Å². The van der Waals surface area contributed by atoms with Gasteiger partial charge in [-0.2, -0.15) is 0 Å². The summed E-state index contributed by atoms with van der Waals surface area (Å²) in [4.78, 5) is 2.40. The number of para-hydroxylation sites is 1. The Morgan fingerprint density at radius 3 is 2.20 bits per heavy atom. The molecule has 0 fully saturated rings. The van der Waals surface area contributed by atoms with Crippen molar-refractivity contribution in [3.05, 3.63) is 216 Å². The molecule has 7 aromatic rings. The van der Waals surface area contributed by atoms with E-state index in [0.717, 1.165) is 42.2 Å². The van der Waals surface area contributed by atoms with E-state index in [0.29, 0.717) is 0 Å². The number of anilines is 2.